The van der Waals surface area contributed by atoms with Gasteiger partial charge in [0.15, 0.2) is 34.0 Å². The molecule has 0 atom stereocenters. The van der Waals surface area contributed by atoms with Crippen molar-refractivity contribution in [2.75, 3.05) is 36.0 Å². The van der Waals surface area contributed by atoms with Crippen LogP contribution in [0.25, 0.3) is 22.3 Å². The second-order valence-corrected chi connectivity index (χ2v) is 9.74. The zero-order valence-corrected chi connectivity index (χ0v) is 20.6. The van der Waals surface area contributed by atoms with E-state index in [4.69, 9.17) is 4.63 Å². The summed E-state index contributed by atoms with van der Waals surface area (Å²) in [5, 5.41) is 8.40. The van der Waals surface area contributed by atoms with Crippen molar-refractivity contribution >= 4 is 34.0 Å². The van der Waals surface area contributed by atoms with Crippen LogP contribution >= 0.6 is 0 Å². The summed E-state index contributed by atoms with van der Waals surface area (Å²) < 4.78 is 9.09. The van der Waals surface area contributed by atoms with E-state index in [1.165, 1.54) is 38.5 Å². The molecule has 2 fully saturated rings. The number of anilines is 2. The molecule has 2 saturated heterocycles. The maximum Gasteiger partial charge on any atom is 0.165 e. The Bertz CT molecular complexity index is 1410. The van der Waals surface area contributed by atoms with Gasteiger partial charge in [0.05, 0.1) is 25.7 Å². The average Bonchev–Trinajstić information content (AvgIpc) is 3.69. The van der Waals surface area contributed by atoms with Gasteiger partial charge in [0.25, 0.3) is 0 Å². The fourth-order valence-corrected chi connectivity index (χ4v) is 5.43. The number of aromatic nitrogens is 10. The molecule has 0 N–H and O–H groups in total. The molecule has 2 aliphatic heterocycles. The molecule has 37 heavy (non-hydrogen) atoms. The smallest absolute Gasteiger partial charge is 0.165 e. The lowest BCUT2D eigenvalue weighted by atomic mass is 10.1. The van der Waals surface area contributed by atoms with Crippen molar-refractivity contribution in [1.82, 2.24) is 49.4 Å². The van der Waals surface area contributed by atoms with Gasteiger partial charge in [-0.1, -0.05) is 10.3 Å². The largest absolute Gasteiger partial charge is 0.355 e. The molecule has 5 aromatic heterocycles. The van der Waals surface area contributed by atoms with E-state index in [1.807, 2.05) is 9.13 Å². The minimum atomic E-state index is 0.437. The Labute approximate surface area is 212 Å². The van der Waals surface area contributed by atoms with Gasteiger partial charge in [-0.25, -0.2) is 34.5 Å². The molecule has 0 saturated carbocycles. The number of rotatable bonds is 6. The van der Waals surface area contributed by atoms with Gasteiger partial charge in [0.1, 0.15) is 24.0 Å². The topological polar surface area (TPSA) is 133 Å². The lowest BCUT2D eigenvalue weighted by Crippen LogP contribution is -2.30. The number of piperidine rings is 2. The highest BCUT2D eigenvalue weighted by Gasteiger charge is 2.22. The minimum Gasteiger partial charge on any atom is -0.355 e. The third-order valence-corrected chi connectivity index (χ3v) is 7.35. The van der Waals surface area contributed by atoms with Crippen LogP contribution in [-0.2, 0) is 13.1 Å². The number of nitrogens with zero attached hydrogens (tertiary/aromatic N) is 12. The Balaban J connectivity index is 1.16. The van der Waals surface area contributed by atoms with Crippen LogP contribution < -0.4 is 9.80 Å². The Morgan fingerprint density at radius 1 is 0.568 bits per heavy atom. The molecule has 13 nitrogen and oxygen atoms in total. The van der Waals surface area contributed by atoms with Gasteiger partial charge in [-0.15, -0.1) is 0 Å². The molecule has 0 radical (unpaired) electrons. The summed E-state index contributed by atoms with van der Waals surface area (Å²) in [6.07, 6.45) is 14.0. The van der Waals surface area contributed by atoms with Crippen LogP contribution in [0.4, 0.5) is 11.6 Å². The lowest BCUT2D eigenvalue weighted by molar-refractivity contribution is 0.299. The van der Waals surface area contributed by atoms with Crippen LogP contribution in [0.2, 0.25) is 0 Å². The lowest BCUT2D eigenvalue weighted by Gasteiger charge is -2.27. The monoisotopic (exact) mass is 500 g/mol. The standard InChI is InChI=1S/C24H28N12O/c1-3-7-33(8-4-1)21-19-23(27-13-25-21)35(15-29-19)11-17-18(32-37-31-17)12-36-16-30-20-22(26-14-28-24(20)36)34-9-5-2-6-10-34/h13-16H,1-12H2. The van der Waals surface area contributed by atoms with Crippen molar-refractivity contribution in [3.05, 3.63) is 36.7 Å². The maximum atomic E-state index is 5.16. The molecule has 5 aromatic rings. The average molecular weight is 501 g/mol. The second-order valence-electron chi connectivity index (χ2n) is 9.74. The summed E-state index contributed by atoms with van der Waals surface area (Å²) in [7, 11) is 0. The number of imidazole rings is 2. The van der Waals surface area contributed by atoms with Crippen LogP contribution in [0, 0.1) is 0 Å². The van der Waals surface area contributed by atoms with Crippen molar-refractivity contribution < 1.29 is 4.63 Å². The van der Waals surface area contributed by atoms with Gasteiger partial charge in [-0.05, 0) is 38.5 Å². The third-order valence-electron chi connectivity index (χ3n) is 7.35. The molecule has 0 unspecified atom stereocenters. The zero-order chi connectivity index (χ0) is 24.6. The predicted octanol–water partition coefficient (Wildman–Crippen LogP) is 2.43. The SMILES string of the molecule is c1nc(N2CCCCC2)c2ncn(Cc3nonc3Cn3cnc4c(N5CCCCC5)ncnc43)c2n1. The van der Waals surface area contributed by atoms with Gasteiger partial charge < -0.3 is 18.9 Å². The quantitative estimate of drug-likeness (QED) is 0.340. The van der Waals surface area contributed by atoms with E-state index >= 15 is 0 Å². The summed E-state index contributed by atoms with van der Waals surface area (Å²) in [4.78, 5) is 32.1. The molecular weight excluding hydrogens is 472 g/mol. The Hall–Kier alpha value is -4.16. The first-order valence-electron chi connectivity index (χ1n) is 13.0. The van der Waals surface area contributed by atoms with E-state index in [9.17, 15) is 0 Å². The summed E-state index contributed by atoms with van der Waals surface area (Å²) in [6.45, 7) is 4.87. The minimum absolute atomic E-state index is 0.437. The third kappa shape index (κ3) is 4.03. The Morgan fingerprint density at radius 2 is 1.03 bits per heavy atom. The highest BCUT2D eigenvalue weighted by atomic mass is 16.6. The molecule has 190 valence electrons. The summed E-state index contributed by atoms with van der Waals surface area (Å²) in [5.41, 5.74) is 4.59. The molecule has 7 rings (SSSR count). The van der Waals surface area contributed by atoms with E-state index in [2.05, 4.69) is 50.0 Å². The first kappa shape index (κ1) is 22.1. The van der Waals surface area contributed by atoms with Crippen LogP contribution in [0.15, 0.2) is 29.9 Å². The molecule has 0 aliphatic carbocycles. The fraction of sp³-hybridized carbons (Fsp3) is 0.500. The molecule has 0 aromatic carbocycles. The van der Waals surface area contributed by atoms with Crippen molar-refractivity contribution in [1.29, 1.82) is 0 Å². The molecule has 13 heteroatoms. The van der Waals surface area contributed by atoms with E-state index in [1.54, 1.807) is 25.3 Å². The van der Waals surface area contributed by atoms with Crippen molar-refractivity contribution in [3.63, 3.8) is 0 Å². The molecule has 2 aliphatic rings. The highest BCUT2D eigenvalue weighted by Crippen LogP contribution is 2.27. The van der Waals surface area contributed by atoms with Crippen molar-refractivity contribution in [3.8, 4) is 0 Å². The molecule has 0 spiro atoms. The molecular formula is C24H28N12O. The number of hydrogen-bond donors (Lipinski definition) is 0. The van der Waals surface area contributed by atoms with E-state index in [0.29, 0.717) is 24.5 Å². The van der Waals surface area contributed by atoms with Crippen LogP contribution in [0.1, 0.15) is 49.9 Å². The van der Waals surface area contributed by atoms with Crippen molar-refractivity contribution in [2.24, 2.45) is 0 Å². The van der Waals surface area contributed by atoms with Crippen LogP contribution in [0.5, 0.6) is 0 Å². The molecule has 7 heterocycles. The van der Waals surface area contributed by atoms with Gasteiger partial charge in [0, 0.05) is 26.2 Å². The second kappa shape index (κ2) is 9.37. The Kier molecular flexibility index (Phi) is 5.59. The van der Waals surface area contributed by atoms with Gasteiger partial charge in [-0.3, -0.25) is 0 Å². The number of hydrogen-bond acceptors (Lipinski definition) is 11. The van der Waals surface area contributed by atoms with Crippen LogP contribution in [0.3, 0.4) is 0 Å². The van der Waals surface area contributed by atoms with Gasteiger partial charge in [0.2, 0.25) is 0 Å². The molecule has 0 bridgehead atoms. The Morgan fingerprint density at radius 3 is 1.49 bits per heavy atom. The van der Waals surface area contributed by atoms with Crippen molar-refractivity contribution in [2.45, 2.75) is 51.6 Å². The van der Waals surface area contributed by atoms with E-state index in [0.717, 1.165) is 60.1 Å². The summed E-state index contributed by atoms with van der Waals surface area (Å²) in [6, 6.07) is 0. The summed E-state index contributed by atoms with van der Waals surface area (Å²) in [5.74, 6) is 1.80. The van der Waals surface area contributed by atoms with Crippen LogP contribution in [-0.4, -0.2) is 75.5 Å². The zero-order valence-electron chi connectivity index (χ0n) is 20.6. The van der Waals surface area contributed by atoms with Gasteiger partial charge >= 0.3 is 0 Å². The highest BCUT2D eigenvalue weighted by molar-refractivity contribution is 5.84. The first-order valence-corrected chi connectivity index (χ1v) is 13.0. The normalized spacial score (nSPS) is 16.8. The van der Waals surface area contributed by atoms with E-state index in [-0.39, 0.29) is 0 Å². The molecule has 0 amide bonds. The van der Waals surface area contributed by atoms with Gasteiger partial charge in [-0.2, -0.15) is 0 Å². The number of fused-ring (bicyclic) bond motifs is 2. The summed E-state index contributed by atoms with van der Waals surface area (Å²) >= 11 is 0. The maximum absolute atomic E-state index is 5.16. The van der Waals surface area contributed by atoms with E-state index < -0.39 is 0 Å². The fourth-order valence-electron chi connectivity index (χ4n) is 5.43. The predicted molar refractivity (Wildman–Crippen MR) is 135 cm³/mol. The first-order chi connectivity index (χ1) is 18.3.